The van der Waals surface area contributed by atoms with Gasteiger partial charge in [-0.1, -0.05) is 42.5 Å². The molecule has 1 heterocycles. The summed E-state index contributed by atoms with van der Waals surface area (Å²) in [5.41, 5.74) is 1.72. The van der Waals surface area contributed by atoms with Crippen LogP contribution in [0.2, 0.25) is 0 Å². The molecule has 1 amide bonds. The Hall–Kier alpha value is -3.23. The second-order valence-corrected chi connectivity index (χ2v) is 10.2. The van der Waals surface area contributed by atoms with E-state index in [-0.39, 0.29) is 23.2 Å². The second kappa shape index (κ2) is 10.1. The predicted octanol–water partition coefficient (Wildman–Crippen LogP) is 3.71. The molecule has 1 saturated heterocycles. The second-order valence-electron chi connectivity index (χ2n) is 7.92. The van der Waals surface area contributed by atoms with E-state index in [4.69, 9.17) is 4.74 Å². The first-order chi connectivity index (χ1) is 15.9. The molecule has 1 aliphatic heterocycles. The first kappa shape index (κ1) is 22.9. The van der Waals surface area contributed by atoms with Crippen molar-refractivity contribution in [2.24, 2.45) is 0 Å². The molecule has 0 bridgehead atoms. The molecule has 3 aromatic rings. The number of carbonyl (C=O) groups excluding carboxylic acids is 1. The molecule has 1 aliphatic rings. The van der Waals surface area contributed by atoms with Crippen LogP contribution in [0.25, 0.3) is 0 Å². The van der Waals surface area contributed by atoms with Crippen LogP contribution in [0, 0.1) is 5.82 Å². The van der Waals surface area contributed by atoms with Crippen molar-refractivity contribution in [3.8, 4) is 11.5 Å². The van der Waals surface area contributed by atoms with Gasteiger partial charge >= 0.3 is 0 Å². The predicted molar refractivity (Wildman–Crippen MR) is 124 cm³/mol. The van der Waals surface area contributed by atoms with Gasteiger partial charge in [-0.15, -0.1) is 0 Å². The molecule has 33 heavy (non-hydrogen) atoms. The summed E-state index contributed by atoms with van der Waals surface area (Å²) in [6.45, 7) is 0.973. The Morgan fingerprint density at radius 2 is 1.48 bits per heavy atom. The Labute approximate surface area is 192 Å². The Morgan fingerprint density at radius 1 is 0.909 bits per heavy atom. The molecule has 1 unspecified atom stereocenters. The number of nitrogens with one attached hydrogen (secondary N) is 1. The molecule has 6 nitrogen and oxygen atoms in total. The maximum atomic E-state index is 13.2. The van der Waals surface area contributed by atoms with Crippen molar-refractivity contribution < 1.29 is 22.3 Å². The molecule has 8 heteroatoms. The highest BCUT2D eigenvalue weighted by atomic mass is 32.2. The molecule has 0 aromatic heterocycles. The number of amides is 1. The van der Waals surface area contributed by atoms with Crippen LogP contribution in [0.15, 0.2) is 78.9 Å². The minimum atomic E-state index is -3.05. The Kier molecular flexibility index (Phi) is 7.05. The molecule has 0 saturated carbocycles. The van der Waals surface area contributed by atoms with E-state index >= 15 is 0 Å². The smallest absolute Gasteiger partial charge is 0.242 e. The summed E-state index contributed by atoms with van der Waals surface area (Å²) in [4.78, 5) is 15.1. The quantitative estimate of drug-likeness (QED) is 0.572. The number of hydrogen-bond donors (Lipinski definition) is 1. The summed E-state index contributed by atoms with van der Waals surface area (Å²) < 4.78 is 42.4. The average Bonchev–Trinajstić information content (AvgIpc) is 2.82. The zero-order chi connectivity index (χ0) is 23.3. The molecule has 4 rings (SSSR count). The van der Waals surface area contributed by atoms with Crippen molar-refractivity contribution in [1.82, 2.24) is 10.2 Å². The van der Waals surface area contributed by atoms with Crippen LogP contribution in [0.3, 0.4) is 0 Å². The number of carbonyl (C=O) groups is 1. The van der Waals surface area contributed by atoms with Gasteiger partial charge in [0.15, 0.2) is 9.84 Å². The Morgan fingerprint density at radius 3 is 2.09 bits per heavy atom. The number of nitrogens with zero attached hydrogens (tertiary/aromatic N) is 1. The lowest BCUT2D eigenvalue weighted by Gasteiger charge is -2.33. The lowest BCUT2D eigenvalue weighted by molar-refractivity contribution is -0.126. The fourth-order valence-electron chi connectivity index (χ4n) is 3.75. The van der Waals surface area contributed by atoms with Crippen LogP contribution in [0.5, 0.6) is 11.5 Å². The maximum absolute atomic E-state index is 13.2. The third-order valence-electron chi connectivity index (χ3n) is 5.55. The third-order valence-corrected chi connectivity index (χ3v) is 7.16. The van der Waals surface area contributed by atoms with E-state index in [1.165, 1.54) is 12.1 Å². The monoisotopic (exact) mass is 468 g/mol. The highest BCUT2D eigenvalue weighted by Gasteiger charge is 2.32. The molecule has 1 atom stereocenters. The molecular weight excluding hydrogens is 443 g/mol. The van der Waals surface area contributed by atoms with Crippen molar-refractivity contribution in [3.63, 3.8) is 0 Å². The summed E-state index contributed by atoms with van der Waals surface area (Å²) in [5, 5.41) is 2.98. The van der Waals surface area contributed by atoms with Gasteiger partial charge in [-0.25, -0.2) is 12.8 Å². The zero-order valence-corrected chi connectivity index (χ0v) is 18.8. The third kappa shape index (κ3) is 6.18. The van der Waals surface area contributed by atoms with Crippen molar-refractivity contribution in [3.05, 3.63) is 95.8 Å². The molecule has 0 aliphatic carbocycles. The first-order valence-electron chi connectivity index (χ1n) is 10.7. The molecule has 0 spiro atoms. The summed E-state index contributed by atoms with van der Waals surface area (Å²) in [6, 6.07) is 21.9. The number of halogens is 1. The van der Waals surface area contributed by atoms with E-state index in [9.17, 15) is 17.6 Å². The van der Waals surface area contributed by atoms with Gasteiger partial charge in [0.25, 0.3) is 0 Å². The Balaban J connectivity index is 1.40. The normalized spacial score (nSPS) is 16.6. The van der Waals surface area contributed by atoms with Crippen LogP contribution >= 0.6 is 0 Å². The van der Waals surface area contributed by atoms with E-state index < -0.39 is 15.9 Å². The summed E-state index contributed by atoms with van der Waals surface area (Å²) in [7, 11) is -3.05. The van der Waals surface area contributed by atoms with E-state index in [1.54, 1.807) is 24.3 Å². The molecule has 0 radical (unpaired) electrons. The van der Waals surface area contributed by atoms with Crippen molar-refractivity contribution in [2.75, 3.05) is 24.6 Å². The first-order valence-corrected chi connectivity index (χ1v) is 12.5. The average molecular weight is 469 g/mol. The van der Waals surface area contributed by atoms with E-state index in [1.807, 2.05) is 47.4 Å². The van der Waals surface area contributed by atoms with E-state index in [0.29, 0.717) is 31.1 Å². The largest absolute Gasteiger partial charge is 0.457 e. The van der Waals surface area contributed by atoms with E-state index in [0.717, 1.165) is 11.1 Å². The van der Waals surface area contributed by atoms with Gasteiger partial charge in [0, 0.05) is 19.6 Å². The van der Waals surface area contributed by atoms with E-state index in [2.05, 4.69) is 5.32 Å². The van der Waals surface area contributed by atoms with Gasteiger partial charge in [-0.2, -0.15) is 0 Å². The number of benzene rings is 3. The molecular formula is C25H25FN2O4S. The fourth-order valence-corrected chi connectivity index (χ4v) is 4.98. The molecule has 172 valence electrons. The SMILES string of the molecule is O=C(NCc1ccc(Oc2ccc(F)cc2)cc1)C(c1ccccc1)N1CCS(=O)(=O)CC1. The lowest BCUT2D eigenvalue weighted by Crippen LogP contribution is -2.47. The van der Waals surface area contributed by atoms with Gasteiger partial charge < -0.3 is 10.1 Å². The molecule has 1 fully saturated rings. The highest BCUT2D eigenvalue weighted by molar-refractivity contribution is 7.91. The topological polar surface area (TPSA) is 75.7 Å². The fraction of sp³-hybridized carbons (Fsp3) is 0.240. The van der Waals surface area contributed by atoms with Crippen molar-refractivity contribution >= 4 is 15.7 Å². The summed E-state index contributed by atoms with van der Waals surface area (Å²) >= 11 is 0. The van der Waals surface area contributed by atoms with Crippen LogP contribution in [0.1, 0.15) is 17.2 Å². The number of hydrogen-bond acceptors (Lipinski definition) is 5. The van der Waals surface area contributed by atoms with Crippen LogP contribution in [-0.4, -0.2) is 43.8 Å². The van der Waals surface area contributed by atoms with Gasteiger partial charge in [0.1, 0.15) is 23.4 Å². The summed E-state index contributed by atoms with van der Waals surface area (Å²) in [5.74, 6) is 0.749. The van der Waals surface area contributed by atoms with Gasteiger partial charge in [-0.3, -0.25) is 9.69 Å². The number of rotatable bonds is 7. The van der Waals surface area contributed by atoms with Gasteiger partial charge in [0.05, 0.1) is 11.5 Å². The minimum Gasteiger partial charge on any atom is -0.457 e. The maximum Gasteiger partial charge on any atom is 0.242 e. The Bertz CT molecular complexity index is 1170. The zero-order valence-electron chi connectivity index (χ0n) is 18.0. The molecule has 3 aromatic carbocycles. The van der Waals surface area contributed by atoms with Crippen LogP contribution in [0.4, 0.5) is 4.39 Å². The minimum absolute atomic E-state index is 0.0547. The summed E-state index contributed by atoms with van der Waals surface area (Å²) in [6.07, 6.45) is 0. The highest BCUT2D eigenvalue weighted by Crippen LogP contribution is 2.24. The van der Waals surface area contributed by atoms with Gasteiger partial charge in [0.2, 0.25) is 5.91 Å². The lowest BCUT2D eigenvalue weighted by atomic mass is 10.0. The van der Waals surface area contributed by atoms with Crippen molar-refractivity contribution in [1.29, 1.82) is 0 Å². The number of sulfone groups is 1. The molecule has 1 N–H and O–H groups in total. The number of ether oxygens (including phenoxy) is 1. The van der Waals surface area contributed by atoms with Gasteiger partial charge in [-0.05, 0) is 47.5 Å². The van der Waals surface area contributed by atoms with Crippen molar-refractivity contribution in [2.45, 2.75) is 12.6 Å². The standard InChI is InChI=1S/C25H25FN2O4S/c26-21-8-12-23(13-9-21)32-22-10-6-19(7-11-22)18-27-25(29)24(20-4-2-1-3-5-20)28-14-16-33(30,31)17-15-28/h1-13,24H,14-18H2,(H,27,29). The van der Waals surface area contributed by atoms with Crippen LogP contribution in [-0.2, 0) is 21.2 Å². The van der Waals surface area contributed by atoms with Crippen LogP contribution < -0.4 is 10.1 Å².